The fraction of sp³-hybridized carbons (Fsp3) is 0.375. The summed E-state index contributed by atoms with van der Waals surface area (Å²) >= 11 is 0. The molecule has 10 heteroatoms. The van der Waals surface area contributed by atoms with Gasteiger partial charge in [-0.3, -0.25) is 19.4 Å². The summed E-state index contributed by atoms with van der Waals surface area (Å²) in [6.45, 7) is 4.14. The molecular formula is C24H28N4O5S. The molecule has 0 aromatic heterocycles. The van der Waals surface area contributed by atoms with Crippen molar-refractivity contribution < 1.29 is 22.8 Å². The van der Waals surface area contributed by atoms with E-state index in [1.165, 1.54) is 33.5 Å². The van der Waals surface area contributed by atoms with Gasteiger partial charge >= 0.3 is 6.03 Å². The number of carbonyl (C=O) groups excluding carboxylic acids is 3. The number of amides is 4. The number of carbonyl (C=O) groups is 3. The lowest BCUT2D eigenvalue weighted by atomic mass is 10.2. The minimum atomic E-state index is -3.56. The highest BCUT2D eigenvalue weighted by atomic mass is 32.2. The number of rotatable bonds is 6. The summed E-state index contributed by atoms with van der Waals surface area (Å²) < 4.78 is 27.0. The first-order valence-electron chi connectivity index (χ1n) is 11.3. The van der Waals surface area contributed by atoms with Crippen LogP contribution in [-0.4, -0.2) is 61.1 Å². The van der Waals surface area contributed by atoms with Crippen molar-refractivity contribution in [3.63, 3.8) is 0 Å². The smallest absolute Gasteiger partial charge is 0.325 e. The highest BCUT2D eigenvalue weighted by Gasteiger charge is 2.44. The predicted molar refractivity (Wildman–Crippen MR) is 128 cm³/mol. The van der Waals surface area contributed by atoms with E-state index in [1.807, 2.05) is 19.1 Å². The van der Waals surface area contributed by atoms with Crippen molar-refractivity contribution in [1.82, 2.24) is 9.21 Å². The van der Waals surface area contributed by atoms with E-state index in [-0.39, 0.29) is 4.90 Å². The molecule has 1 N–H and O–H groups in total. The lowest BCUT2D eigenvalue weighted by Gasteiger charge is -2.25. The number of sulfonamides is 1. The number of anilines is 2. The highest BCUT2D eigenvalue weighted by molar-refractivity contribution is 7.89. The zero-order valence-corrected chi connectivity index (χ0v) is 20.0. The van der Waals surface area contributed by atoms with Gasteiger partial charge in [-0.15, -0.1) is 0 Å². The molecule has 2 aromatic carbocycles. The van der Waals surface area contributed by atoms with Gasteiger partial charge in [-0.2, -0.15) is 4.31 Å². The molecule has 0 bridgehead atoms. The van der Waals surface area contributed by atoms with Crippen molar-refractivity contribution in [3.05, 3.63) is 54.1 Å². The molecule has 2 aliphatic rings. The molecule has 2 aliphatic heterocycles. The monoisotopic (exact) mass is 484 g/mol. The third kappa shape index (κ3) is 4.69. The van der Waals surface area contributed by atoms with Crippen LogP contribution in [0.3, 0.4) is 0 Å². The molecule has 2 fully saturated rings. The van der Waals surface area contributed by atoms with Crippen molar-refractivity contribution >= 4 is 39.2 Å². The molecule has 34 heavy (non-hydrogen) atoms. The van der Waals surface area contributed by atoms with Gasteiger partial charge < -0.3 is 5.32 Å². The number of piperidine rings is 1. The number of nitrogens with one attached hydrogen (secondary N) is 1. The molecule has 0 saturated carbocycles. The Morgan fingerprint density at radius 1 is 0.971 bits per heavy atom. The van der Waals surface area contributed by atoms with Crippen LogP contribution in [0, 0.1) is 6.92 Å². The standard InChI is InChI=1S/C24H28N4O5S/c1-17-6-10-20(11-7-17)28-18(2)23(30)27(24(28)31)16-22(29)25-19-8-12-21(13-9-19)34(32,33)26-14-4-3-5-15-26/h6-13,18H,3-5,14-16H2,1-2H3,(H,25,29)/t18-/m1/s1. The van der Waals surface area contributed by atoms with Gasteiger partial charge in [-0.25, -0.2) is 13.2 Å². The van der Waals surface area contributed by atoms with Crippen molar-refractivity contribution in [3.8, 4) is 0 Å². The minimum absolute atomic E-state index is 0.167. The number of nitrogens with zero attached hydrogens (tertiary/aromatic N) is 3. The normalized spacial score (nSPS) is 19.5. The van der Waals surface area contributed by atoms with Gasteiger partial charge in [0.25, 0.3) is 5.91 Å². The Morgan fingerprint density at radius 2 is 1.59 bits per heavy atom. The first kappa shape index (κ1) is 23.9. The van der Waals surface area contributed by atoms with Gasteiger partial charge in [-0.1, -0.05) is 24.1 Å². The number of hydrogen-bond donors (Lipinski definition) is 1. The molecule has 0 spiro atoms. The molecule has 1 atom stereocenters. The summed E-state index contributed by atoms with van der Waals surface area (Å²) in [5.41, 5.74) is 2.00. The maximum atomic E-state index is 12.9. The molecule has 2 heterocycles. The number of hydrogen-bond acceptors (Lipinski definition) is 5. The van der Waals surface area contributed by atoms with Crippen molar-refractivity contribution in [2.45, 2.75) is 44.0 Å². The summed E-state index contributed by atoms with van der Waals surface area (Å²) in [6, 6.07) is 11.9. The van der Waals surface area contributed by atoms with E-state index in [2.05, 4.69) is 5.32 Å². The topological polar surface area (TPSA) is 107 Å². The maximum absolute atomic E-state index is 12.9. The maximum Gasteiger partial charge on any atom is 0.332 e. The van der Waals surface area contributed by atoms with E-state index in [0.717, 1.165) is 29.7 Å². The number of aryl methyl sites for hydroxylation is 1. The SMILES string of the molecule is Cc1ccc(N2C(=O)N(CC(=O)Nc3ccc(S(=O)(=O)N4CCCCC4)cc3)C(=O)[C@H]2C)cc1. The summed E-state index contributed by atoms with van der Waals surface area (Å²) in [7, 11) is -3.56. The van der Waals surface area contributed by atoms with E-state index in [0.29, 0.717) is 24.5 Å². The first-order chi connectivity index (χ1) is 16.2. The zero-order chi connectivity index (χ0) is 24.5. The second kappa shape index (κ2) is 9.55. The second-order valence-electron chi connectivity index (χ2n) is 8.63. The Balaban J connectivity index is 1.41. The molecular weight excluding hydrogens is 456 g/mol. The van der Waals surface area contributed by atoms with Crippen molar-refractivity contribution in [2.24, 2.45) is 0 Å². The van der Waals surface area contributed by atoms with Crippen LogP contribution >= 0.6 is 0 Å². The number of urea groups is 1. The molecule has 180 valence electrons. The minimum Gasteiger partial charge on any atom is -0.325 e. The molecule has 0 unspecified atom stereocenters. The van der Waals surface area contributed by atoms with Crippen LogP contribution in [-0.2, 0) is 19.6 Å². The Hall–Kier alpha value is -3.24. The Labute approximate surface area is 199 Å². The van der Waals surface area contributed by atoms with Crippen LogP contribution in [0.15, 0.2) is 53.4 Å². The largest absolute Gasteiger partial charge is 0.332 e. The van der Waals surface area contributed by atoms with Crippen LogP contribution in [0.5, 0.6) is 0 Å². The van der Waals surface area contributed by atoms with E-state index < -0.39 is 40.5 Å². The quantitative estimate of drug-likeness (QED) is 0.635. The zero-order valence-electron chi connectivity index (χ0n) is 19.2. The van der Waals surface area contributed by atoms with Crippen molar-refractivity contribution in [1.29, 1.82) is 0 Å². The Kier molecular flexibility index (Phi) is 6.72. The van der Waals surface area contributed by atoms with E-state index >= 15 is 0 Å². The summed E-state index contributed by atoms with van der Waals surface area (Å²) in [6.07, 6.45) is 2.73. The Bertz CT molecular complexity index is 1190. The average molecular weight is 485 g/mol. The summed E-state index contributed by atoms with van der Waals surface area (Å²) in [5, 5.41) is 2.63. The third-order valence-corrected chi connectivity index (χ3v) is 8.07. The molecule has 0 aliphatic carbocycles. The summed E-state index contributed by atoms with van der Waals surface area (Å²) in [4.78, 5) is 40.6. The van der Waals surface area contributed by atoms with E-state index in [9.17, 15) is 22.8 Å². The number of imide groups is 1. The summed E-state index contributed by atoms with van der Waals surface area (Å²) in [5.74, 6) is -1.00. The molecule has 9 nitrogen and oxygen atoms in total. The molecule has 2 saturated heterocycles. The van der Waals surface area contributed by atoms with Crippen LogP contribution in [0.25, 0.3) is 0 Å². The highest BCUT2D eigenvalue weighted by Crippen LogP contribution is 2.26. The van der Waals surface area contributed by atoms with Crippen LogP contribution in [0.4, 0.5) is 16.2 Å². The molecule has 4 amide bonds. The van der Waals surface area contributed by atoms with Crippen LogP contribution < -0.4 is 10.2 Å². The predicted octanol–water partition coefficient (Wildman–Crippen LogP) is 2.97. The fourth-order valence-corrected chi connectivity index (χ4v) is 5.74. The molecule has 4 rings (SSSR count). The first-order valence-corrected chi connectivity index (χ1v) is 12.7. The van der Waals surface area contributed by atoms with Crippen molar-refractivity contribution in [2.75, 3.05) is 29.9 Å². The van der Waals surface area contributed by atoms with E-state index in [1.54, 1.807) is 19.1 Å². The van der Waals surface area contributed by atoms with Crippen LogP contribution in [0.2, 0.25) is 0 Å². The fourth-order valence-electron chi connectivity index (χ4n) is 4.22. The van der Waals surface area contributed by atoms with Gasteiger partial charge in [0.1, 0.15) is 12.6 Å². The molecule has 0 radical (unpaired) electrons. The lowest BCUT2D eigenvalue weighted by Crippen LogP contribution is -2.39. The van der Waals surface area contributed by atoms with Gasteiger partial charge in [0.2, 0.25) is 15.9 Å². The number of benzene rings is 2. The molecule has 2 aromatic rings. The lowest BCUT2D eigenvalue weighted by molar-refractivity contribution is -0.130. The van der Waals surface area contributed by atoms with Crippen LogP contribution in [0.1, 0.15) is 31.7 Å². The van der Waals surface area contributed by atoms with Gasteiger partial charge in [0, 0.05) is 24.5 Å². The second-order valence-corrected chi connectivity index (χ2v) is 10.6. The van der Waals surface area contributed by atoms with Gasteiger partial charge in [-0.05, 0) is 63.1 Å². The van der Waals surface area contributed by atoms with Gasteiger partial charge in [0.05, 0.1) is 4.90 Å². The Morgan fingerprint density at radius 3 is 2.21 bits per heavy atom. The third-order valence-electron chi connectivity index (χ3n) is 6.15. The van der Waals surface area contributed by atoms with E-state index in [4.69, 9.17) is 0 Å². The average Bonchev–Trinajstić information content (AvgIpc) is 3.04. The van der Waals surface area contributed by atoms with Gasteiger partial charge in [0.15, 0.2) is 0 Å².